The number of carbonyl (C=O) groups excluding carboxylic acids is 1. The number of anilines is 1. The Morgan fingerprint density at radius 1 is 1.07 bits per heavy atom. The van der Waals surface area contributed by atoms with E-state index in [-0.39, 0.29) is 24.1 Å². The van der Waals surface area contributed by atoms with Gasteiger partial charge in [-0.25, -0.2) is 8.78 Å². The number of rotatable bonds is 7. The molecule has 152 valence electrons. The Morgan fingerprint density at radius 3 is 2.67 bits per heavy atom. The Labute approximate surface area is 175 Å². The molecule has 0 unspecified atom stereocenters. The molecule has 2 heterocycles. The SMILES string of the molecule is O=C(Nc1ccn(Cc2ccc(F)cc2)n1)c1cc(COc2ccccc2F)cs1. The van der Waals surface area contributed by atoms with Gasteiger partial charge in [0.2, 0.25) is 0 Å². The van der Waals surface area contributed by atoms with Crippen molar-refractivity contribution in [3.63, 3.8) is 0 Å². The average molecular weight is 425 g/mol. The highest BCUT2D eigenvalue weighted by Gasteiger charge is 2.12. The first-order valence-corrected chi connectivity index (χ1v) is 9.99. The van der Waals surface area contributed by atoms with Crippen LogP contribution < -0.4 is 10.1 Å². The van der Waals surface area contributed by atoms with Crippen LogP contribution in [0.1, 0.15) is 20.8 Å². The lowest BCUT2D eigenvalue weighted by molar-refractivity contribution is 0.103. The highest BCUT2D eigenvalue weighted by atomic mass is 32.1. The summed E-state index contributed by atoms with van der Waals surface area (Å²) in [5.41, 5.74) is 1.67. The van der Waals surface area contributed by atoms with Gasteiger partial charge in [-0.05, 0) is 41.3 Å². The summed E-state index contributed by atoms with van der Waals surface area (Å²) in [5, 5.41) is 8.86. The second kappa shape index (κ2) is 8.87. The fourth-order valence-corrected chi connectivity index (χ4v) is 3.56. The number of para-hydroxylation sites is 1. The van der Waals surface area contributed by atoms with Gasteiger partial charge in [0.25, 0.3) is 5.91 Å². The van der Waals surface area contributed by atoms with Crippen LogP contribution in [0.3, 0.4) is 0 Å². The Balaban J connectivity index is 1.34. The Kier molecular flexibility index (Phi) is 5.85. The molecule has 2 aromatic heterocycles. The third-order valence-corrected chi connectivity index (χ3v) is 5.23. The van der Waals surface area contributed by atoms with Crippen LogP contribution in [0.15, 0.2) is 72.2 Å². The summed E-state index contributed by atoms with van der Waals surface area (Å²) in [6, 6.07) is 15.7. The first kappa shape index (κ1) is 19.8. The van der Waals surface area contributed by atoms with Crippen molar-refractivity contribution in [2.24, 2.45) is 0 Å². The number of nitrogens with zero attached hydrogens (tertiary/aromatic N) is 2. The molecule has 0 bridgehead atoms. The van der Waals surface area contributed by atoms with Crippen LogP contribution in [-0.2, 0) is 13.2 Å². The summed E-state index contributed by atoms with van der Waals surface area (Å²) in [6.45, 7) is 0.629. The quantitative estimate of drug-likeness (QED) is 0.448. The standard InChI is InChI=1S/C22H17F2N3O2S/c23-17-7-5-15(6-8-17)12-27-10-9-21(26-27)25-22(28)20-11-16(14-30-20)13-29-19-4-2-1-3-18(19)24/h1-11,14H,12-13H2,(H,25,26,28). The lowest BCUT2D eigenvalue weighted by Gasteiger charge is -2.05. The van der Waals surface area contributed by atoms with Crippen molar-refractivity contribution in [1.82, 2.24) is 9.78 Å². The summed E-state index contributed by atoms with van der Waals surface area (Å²) in [7, 11) is 0. The number of nitrogens with one attached hydrogen (secondary N) is 1. The van der Waals surface area contributed by atoms with Crippen molar-refractivity contribution in [3.05, 3.63) is 99.9 Å². The molecule has 0 spiro atoms. The van der Waals surface area contributed by atoms with Crippen molar-refractivity contribution in [2.45, 2.75) is 13.2 Å². The maximum absolute atomic E-state index is 13.6. The minimum atomic E-state index is -0.429. The van der Waals surface area contributed by atoms with Gasteiger partial charge in [0.1, 0.15) is 12.4 Å². The molecule has 2 aromatic carbocycles. The first-order chi connectivity index (χ1) is 14.6. The number of aromatic nitrogens is 2. The molecule has 4 aromatic rings. The molecule has 0 aliphatic rings. The summed E-state index contributed by atoms with van der Waals surface area (Å²) in [6.07, 6.45) is 1.74. The Hall–Kier alpha value is -3.52. The van der Waals surface area contributed by atoms with Crippen LogP contribution in [0.4, 0.5) is 14.6 Å². The average Bonchev–Trinajstić information content (AvgIpc) is 3.39. The van der Waals surface area contributed by atoms with Gasteiger partial charge in [-0.2, -0.15) is 5.10 Å². The van der Waals surface area contributed by atoms with Gasteiger partial charge in [-0.15, -0.1) is 11.3 Å². The zero-order valence-corrected chi connectivity index (χ0v) is 16.5. The van der Waals surface area contributed by atoms with Gasteiger partial charge < -0.3 is 10.1 Å². The Bertz CT molecular complexity index is 1160. The number of amides is 1. The van der Waals surface area contributed by atoms with Crippen molar-refractivity contribution in [1.29, 1.82) is 0 Å². The fourth-order valence-electron chi connectivity index (χ4n) is 2.76. The minimum Gasteiger partial charge on any atom is -0.486 e. The van der Waals surface area contributed by atoms with Crippen LogP contribution in [0.2, 0.25) is 0 Å². The predicted octanol–water partition coefficient (Wildman–Crippen LogP) is 5.10. The molecule has 8 heteroatoms. The highest BCUT2D eigenvalue weighted by Crippen LogP contribution is 2.21. The molecule has 0 radical (unpaired) electrons. The van der Waals surface area contributed by atoms with E-state index in [1.165, 1.54) is 29.5 Å². The van der Waals surface area contributed by atoms with E-state index in [0.717, 1.165) is 11.1 Å². The molecule has 1 N–H and O–H groups in total. The summed E-state index contributed by atoms with van der Waals surface area (Å²) in [5.74, 6) is -0.422. The third-order valence-electron chi connectivity index (χ3n) is 4.25. The van der Waals surface area contributed by atoms with E-state index in [4.69, 9.17) is 4.74 Å². The van der Waals surface area contributed by atoms with Crippen LogP contribution in [0, 0.1) is 11.6 Å². The largest absolute Gasteiger partial charge is 0.486 e. The van der Waals surface area contributed by atoms with Crippen molar-refractivity contribution in [3.8, 4) is 5.75 Å². The molecule has 1 amide bonds. The third kappa shape index (κ3) is 4.90. The van der Waals surface area contributed by atoms with E-state index in [0.29, 0.717) is 17.2 Å². The number of thiophene rings is 1. The van der Waals surface area contributed by atoms with E-state index in [9.17, 15) is 13.6 Å². The van der Waals surface area contributed by atoms with Crippen molar-refractivity contribution < 1.29 is 18.3 Å². The van der Waals surface area contributed by atoms with Gasteiger partial charge in [0.15, 0.2) is 17.4 Å². The second-order valence-electron chi connectivity index (χ2n) is 6.52. The van der Waals surface area contributed by atoms with Gasteiger partial charge >= 0.3 is 0 Å². The second-order valence-corrected chi connectivity index (χ2v) is 7.43. The monoisotopic (exact) mass is 425 g/mol. The maximum Gasteiger partial charge on any atom is 0.266 e. The zero-order chi connectivity index (χ0) is 20.9. The summed E-state index contributed by atoms with van der Waals surface area (Å²) in [4.78, 5) is 13.0. The number of halogens is 2. The number of carbonyl (C=O) groups is 1. The molecule has 30 heavy (non-hydrogen) atoms. The predicted molar refractivity (Wildman–Crippen MR) is 111 cm³/mol. The molecule has 0 saturated heterocycles. The fraction of sp³-hybridized carbons (Fsp3) is 0.0909. The Morgan fingerprint density at radius 2 is 1.87 bits per heavy atom. The number of ether oxygens (including phenoxy) is 1. The molecular formula is C22H17F2N3O2S. The maximum atomic E-state index is 13.6. The topological polar surface area (TPSA) is 56.2 Å². The van der Waals surface area contributed by atoms with Gasteiger partial charge in [-0.3, -0.25) is 9.48 Å². The summed E-state index contributed by atoms with van der Waals surface area (Å²) >= 11 is 1.27. The van der Waals surface area contributed by atoms with E-state index in [1.54, 1.807) is 58.7 Å². The number of benzene rings is 2. The van der Waals surface area contributed by atoms with Crippen LogP contribution >= 0.6 is 11.3 Å². The molecule has 0 fully saturated rings. The number of hydrogen-bond acceptors (Lipinski definition) is 4. The highest BCUT2D eigenvalue weighted by molar-refractivity contribution is 7.12. The molecule has 0 saturated carbocycles. The van der Waals surface area contributed by atoms with Crippen LogP contribution in [-0.4, -0.2) is 15.7 Å². The molecular weight excluding hydrogens is 408 g/mol. The minimum absolute atomic E-state index is 0.164. The summed E-state index contributed by atoms with van der Waals surface area (Å²) < 4.78 is 33.7. The van der Waals surface area contributed by atoms with E-state index < -0.39 is 5.82 Å². The van der Waals surface area contributed by atoms with Crippen molar-refractivity contribution in [2.75, 3.05) is 5.32 Å². The normalized spacial score (nSPS) is 10.7. The number of hydrogen-bond donors (Lipinski definition) is 1. The lowest BCUT2D eigenvalue weighted by Crippen LogP contribution is -2.11. The van der Waals surface area contributed by atoms with E-state index >= 15 is 0 Å². The smallest absolute Gasteiger partial charge is 0.266 e. The molecule has 0 aliphatic carbocycles. The molecule has 0 atom stereocenters. The zero-order valence-electron chi connectivity index (χ0n) is 15.7. The van der Waals surface area contributed by atoms with Crippen LogP contribution in [0.5, 0.6) is 5.75 Å². The van der Waals surface area contributed by atoms with Crippen LogP contribution in [0.25, 0.3) is 0 Å². The van der Waals surface area contributed by atoms with Gasteiger partial charge in [0.05, 0.1) is 11.4 Å². The van der Waals surface area contributed by atoms with Gasteiger partial charge in [0, 0.05) is 17.8 Å². The molecule has 4 rings (SSSR count). The molecule has 5 nitrogen and oxygen atoms in total. The van der Waals surface area contributed by atoms with Gasteiger partial charge in [-0.1, -0.05) is 24.3 Å². The van der Waals surface area contributed by atoms with E-state index in [2.05, 4.69) is 10.4 Å². The van der Waals surface area contributed by atoms with E-state index in [1.807, 2.05) is 0 Å². The lowest BCUT2D eigenvalue weighted by atomic mass is 10.2. The first-order valence-electron chi connectivity index (χ1n) is 9.11. The molecule has 0 aliphatic heterocycles. The van der Waals surface area contributed by atoms with Crippen molar-refractivity contribution >= 4 is 23.1 Å².